The standard InChI is InChI=1S/C29H33ClN2O4/c1-17-22(19-13-15-21(30)16-14-19)23(25(27(34)35)36-28(3,4)5)18(2)31-24(17)26(33)32-29(6,7)20-11-9-8-10-12-20/h8-16,25H,1-7H3,(H,32,33)(H,34,35)/t25-/m0/s1. The van der Waals surface area contributed by atoms with Gasteiger partial charge in [-0.15, -0.1) is 0 Å². The van der Waals surface area contributed by atoms with Crippen molar-refractivity contribution < 1.29 is 19.4 Å². The van der Waals surface area contributed by atoms with Gasteiger partial charge in [0.1, 0.15) is 5.69 Å². The molecule has 190 valence electrons. The Hall–Kier alpha value is -3.22. The first-order chi connectivity index (χ1) is 16.7. The van der Waals surface area contributed by atoms with E-state index in [0.29, 0.717) is 27.4 Å². The van der Waals surface area contributed by atoms with E-state index in [1.807, 2.05) is 44.2 Å². The quantitative estimate of drug-likeness (QED) is 0.374. The number of amides is 1. The summed E-state index contributed by atoms with van der Waals surface area (Å²) in [4.78, 5) is 30.5. The van der Waals surface area contributed by atoms with Gasteiger partial charge < -0.3 is 15.2 Å². The number of aromatic nitrogens is 1. The maximum Gasteiger partial charge on any atom is 0.337 e. The second-order valence-corrected chi connectivity index (χ2v) is 10.8. The number of carboxylic acids is 1. The van der Waals surface area contributed by atoms with Crippen LogP contribution in [0.4, 0.5) is 0 Å². The highest BCUT2D eigenvalue weighted by atomic mass is 35.5. The largest absolute Gasteiger partial charge is 0.479 e. The van der Waals surface area contributed by atoms with E-state index in [1.165, 1.54) is 0 Å². The fourth-order valence-electron chi connectivity index (χ4n) is 4.20. The Labute approximate surface area is 217 Å². The summed E-state index contributed by atoms with van der Waals surface area (Å²) >= 11 is 6.13. The Balaban J connectivity index is 2.20. The lowest BCUT2D eigenvalue weighted by Crippen LogP contribution is -2.41. The molecule has 3 rings (SSSR count). The Kier molecular flexibility index (Phi) is 7.91. The highest BCUT2D eigenvalue weighted by Crippen LogP contribution is 2.38. The summed E-state index contributed by atoms with van der Waals surface area (Å²) in [7, 11) is 0. The fraction of sp³-hybridized carbons (Fsp3) is 0.345. The minimum Gasteiger partial charge on any atom is -0.479 e. The predicted octanol–water partition coefficient (Wildman–Crippen LogP) is 6.62. The van der Waals surface area contributed by atoms with E-state index >= 15 is 0 Å². The Morgan fingerprint density at radius 2 is 1.56 bits per heavy atom. The fourth-order valence-corrected chi connectivity index (χ4v) is 4.33. The van der Waals surface area contributed by atoms with E-state index in [4.69, 9.17) is 16.3 Å². The summed E-state index contributed by atoms with van der Waals surface area (Å²) in [5.74, 6) is -1.48. The first-order valence-corrected chi connectivity index (χ1v) is 12.1. The summed E-state index contributed by atoms with van der Waals surface area (Å²) < 4.78 is 5.98. The SMILES string of the molecule is Cc1nc(C(=O)NC(C)(C)c2ccccc2)c(C)c(-c2ccc(Cl)cc2)c1[C@H](OC(C)(C)C)C(=O)O. The van der Waals surface area contributed by atoms with Gasteiger partial charge in [-0.1, -0.05) is 54.1 Å². The molecule has 2 aromatic carbocycles. The van der Waals surface area contributed by atoms with Crippen molar-refractivity contribution in [3.8, 4) is 11.1 Å². The van der Waals surface area contributed by atoms with Crippen LogP contribution in [0.2, 0.25) is 5.02 Å². The molecule has 0 aliphatic rings. The highest BCUT2D eigenvalue weighted by molar-refractivity contribution is 6.30. The first-order valence-electron chi connectivity index (χ1n) is 11.8. The Morgan fingerprint density at radius 3 is 2.08 bits per heavy atom. The minimum absolute atomic E-state index is 0.227. The maximum absolute atomic E-state index is 13.5. The average molecular weight is 509 g/mol. The van der Waals surface area contributed by atoms with Gasteiger partial charge in [0, 0.05) is 16.3 Å². The molecule has 36 heavy (non-hydrogen) atoms. The van der Waals surface area contributed by atoms with E-state index in [2.05, 4.69) is 10.3 Å². The van der Waals surface area contributed by atoms with Crippen molar-refractivity contribution in [3.05, 3.63) is 87.7 Å². The lowest BCUT2D eigenvalue weighted by Gasteiger charge is -2.30. The van der Waals surface area contributed by atoms with Crippen molar-refractivity contribution in [2.24, 2.45) is 0 Å². The molecule has 0 fully saturated rings. The van der Waals surface area contributed by atoms with Gasteiger partial charge in [0.25, 0.3) is 5.91 Å². The molecule has 0 bridgehead atoms. The van der Waals surface area contributed by atoms with Crippen LogP contribution in [-0.2, 0) is 15.1 Å². The van der Waals surface area contributed by atoms with Crippen LogP contribution in [0, 0.1) is 13.8 Å². The molecule has 6 nitrogen and oxygen atoms in total. The third kappa shape index (κ3) is 6.12. The van der Waals surface area contributed by atoms with E-state index < -0.39 is 23.2 Å². The van der Waals surface area contributed by atoms with Crippen molar-refractivity contribution in [2.45, 2.75) is 65.7 Å². The number of benzene rings is 2. The van der Waals surface area contributed by atoms with Crippen molar-refractivity contribution in [1.29, 1.82) is 0 Å². The Morgan fingerprint density at radius 1 is 0.972 bits per heavy atom. The zero-order chi connectivity index (χ0) is 26.8. The van der Waals surface area contributed by atoms with Gasteiger partial charge in [-0.25, -0.2) is 9.78 Å². The number of aliphatic carboxylic acids is 1. The number of rotatable bonds is 7. The van der Waals surface area contributed by atoms with Gasteiger partial charge in [-0.3, -0.25) is 4.79 Å². The topological polar surface area (TPSA) is 88.5 Å². The summed E-state index contributed by atoms with van der Waals surface area (Å²) in [5, 5.41) is 13.8. The zero-order valence-corrected chi connectivity index (χ0v) is 22.5. The predicted molar refractivity (Wildman–Crippen MR) is 142 cm³/mol. The van der Waals surface area contributed by atoms with Crippen LogP contribution < -0.4 is 5.32 Å². The van der Waals surface area contributed by atoms with Gasteiger partial charge in [0.2, 0.25) is 0 Å². The average Bonchev–Trinajstić information content (AvgIpc) is 2.79. The number of halogens is 1. The number of hydrogen-bond acceptors (Lipinski definition) is 4. The molecule has 2 N–H and O–H groups in total. The van der Waals surface area contributed by atoms with E-state index in [9.17, 15) is 14.7 Å². The molecule has 0 saturated heterocycles. The van der Waals surface area contributed by atoms with Crippen LogP contribution in [0.15, 0.2) is 54.6 Å². The van der Waals surface area contributed by atoms with Crippen molar-refractivity contribution >= 4 is 23.5 Å². The molecule has 3 aromatic rings. The maximum atomic E-state index is 13.5. The second-order valence-electron chi connectivity index (χ2n) is 10.4. The van der Waals surface area contributed by atoms with Gasteiger partial charge in [-0.05, 0) is 82.9 Å². The molecular formula is C29H33ClN2O4. The molecule has 7 heteroatoms. The number of ether oxygens (including phenoxy) is 1. The van der Waals surface area contributed by atoms with Crippen LogP contribution in [-0.4, -0.2) is 27.6 Å². The number of carbonyl (C=O) groups excluding carboxylic acids is 1. The van der Waals surface area contributed by atoms with Crippen molar-refractivity contribution in [2.75, 3.05) is 0 Å². The minimum atomic E-state index is -1.28. The van der Waals surface area contributed by atoms with E-state index in [-0.39, 0.29) is 11.6 Å². The summed E-state index contributed by atoms with van der Waals surface area (Å²) in [5.41, 5.74) is 2.49. The molecular weight excluding hydrogens is 476 g/mol. The smallest absolute Gasteiger partial charge is 0.337 e. The molecule has 0 spiro atoms. The van der Waals surface area contributed by atoms with E-state index in [0.717, 1.165) is 11.1 Å². The molecule has 0 radical (unpaired) electrons. The number of nitrogens with one attached hydrogen (secondary N) is 1. The number of hydrogen-bond donors (Lipinski definition) is 2. The van der Waals surface area contributed by atoms with Crippen LogP contribution in [0.1, 0.15) is 73.6 Å². The molecule has 1 aromatic heterocycles. The molecule has 0 aliphatic heterocycles. The lowest BCUT2D eigenvalue weighted by molar-refractivity contribution is -0.160. The monoisotopic (exact) mass is 508 g/mol. The van der Waals surface area contributed by atoms with Gasteiger partial charge in [0.15, 0.2) is 6.10 Å². The summed E-state index contributed by atoms with van der Waals surface area (Å²) in [6.45, 7) is 12.7. The number of carboxylic acid groups (broad SMARTS) is 1. The van der Waals surface area contributed by atoms with Gasteiger partial charge in [-0.2, -0.15) is 0 Å². The van der Waals surface area contributed by atoms with Crippen LogP contribution in [0.3, 0.4) is 0 Å². The first kappa shape index (κ1) is 27.4. The molecule has 1 amide bonds. The highest BCUT2D eigenvalue weighted by Gasteiger charge is 2.34. The van der Waals surface area contributed by atoms with Crippen LogP contribution >= 0.6 is 11.6 Å². The summed E-state index contributed by atoms with van der Waals surface area (Å²) in [6, 6.07) is 16.7. The third-order valence-electron chi connectivity index (χ3n) is 5.90. The molecule has 0 saturated carbocycles. The zero-order valence-electron chi connectivity index (χ0n) is 21.8. The number of pyridine rings is 1. The van der Waals surface area contributed by atoms with Gasteiger partial charge in [0.05, 0.1) is 11.1 Å². The summed E-state index contributed by atoms with van der Waals surface area (Å²) in [6.07, 6.45) is -1.28. The molecule has 1 heterocycles. The molecule has 1 atom stereocenters. The van der Waals surface area contributed by atoms with E-state index in [1.54, 1.807) is 58.9 Å². The second kappa shape index (κ2) is 10.4. The number of carbonyl (C=O) groups is 2. The molecule has 0 unspecified atom stereocenters. The Bertz CT molecular complexity index is 1260. The normalized spacial score (nSPS) is 12.8. The number of aryl methyl sites for hydroxylation is 1. The molecule has 0 aliphatic carbocycles. The van der Waals surface area contributed by atoms with Crippen LogP contribution in [0.25, 0.3) is 11.1 Å². The van der Waals surface area contributed by atoms with Crippen molar-refractivity contribution in [1.82, 2.24) is 10.3 Å². The van der Waals surface area contributed by atoms with Crippen LogP contribution in [0.5, 0.6) is 0 Å². The number of nitrogens with zero attached hydrogens (tertiary/aromatic N) is 1. The third-order valence-corrected chi connectivity index (χ3v) is 6.15. The van der Waals surface area contributed by atoms with Gasteiger partial charge >= 0.3 is 5.97 Å². The van der Waals surface area contributed by atoms with Crippen molar-refractivity contribution in [3.63, 3.8) is 0 Å². The lowest BCUT2D eigenvalue weighted by atomic mass is 9.89.